The average molecular weight is 405 g/mol. The zero-order valence-electron chi connectivity index (χ0n) is 12.7. The molecule has 3 aromatic rings. The normalized spacial score (nSPS) is 10.6. The molecule has 24 heavy (non-hydrogen) atoms. The van der Waals surface area contributed by atoms with Gasteiger partial charge in [-0.1, -0.05) is 22.0 Å². The van der Waals surface area contributed by atoms with Crippen LogP contribution in [0.4, 0.5) is 0 Å². The number of nitrogens with zero attached hydrogens (tertiary/aromatic N) is 2. The van der Waals surface area contributed by atoms with E-state index >= 15 is 0 Å². The first-order chi connectivity index (χ1) is 11.6. The number of carbonyl (C=O) groups excluding carboxylic acids is 2. The Morgan fingerprint density at radius 3 is 2.62 bits per heavy atom. The molecule has 3 rings (SSSR count). The third-order valence-corrected chi connectivity index (χ3v) is 4.66. The molecule has 0 radical (unpaired) electrons. The van der Waals surface area contributed by atoms with Crippen LogP contribution in [0.5, 0.6) is 0 Å². The van der Waals surface area contributed by atoms with Crippen LogP contribution in [-0.4, -0.2) is 28.1 Å². The van der Waals surface area contributed by atoms with Crippen LogP contribution in [0.15, 0.2) is 52.4 Å². The zero-order valence-corrected chi connectivity index (χ0v) is 15.1. The van der Waals surface area contributed by atoms with Crippen LogP contribution in [0.3, 0.4) is 0 Å². The largest absolute Gasteiger partial charge is 0.461 e. The van der Waals surface area contributed by atoms with Crippen molar-refractivity contribution < 1.29 is 14.3 Å². The fraction of sp³-hybridized carbons (Fsp3) is 0.118. The van der Waals surface area contributed by atoms with E-state index in [0.29, 0.717) is 4.88 Å². The number of ether oxygens (including phenoxy) is 1. The van der Waals surface area contributed by atoms with Crippen LogP contribution < -0.4 is 0 Å². The van der Waals surface area contributed by atoms with E-state index in [1.54, 1.807) is 25.3 Å². The lowest BCUT2D eigenvalue weighted by Gasteiger charge is -2.01. The lowest BCUT2D eigenvalue weighted by molar-refractivity contribution is 0.0516. The van der Waals surface area contributed by atoms with E-state index in [0.717, 1.165) is 10.2 Å². The minimum absolute atomic E-state index is 0.0261. The Balaban J connectivity index is 2.07. The number of esters is 1. The van der Waals surface area contributed by atoms with Gasteiger partial charge in [0.15, 0.2) is 5.69 Å². The molecule has 0 N–H and O–H groups in total. The third kappa shape index (κ3) is 3.32. The number of aromatic nitrogens is 2. The molecule has 0 unspecified atom stereocenters. The minimum atomic E-state index is -0.603. The first kappa shape index (κ1) is 16.6. The Morgan fingerprint density at radius 1 is 1.25 bits per heavy atom. The molecule has 2 aromatic heterocycles. The molecule has 0 aliphatic heterocycles. The van der Waals surface area contributed by atoms with Gasteiger partial charge in [-0.2, -0.15) is 5.10 Å². The zero-order chi connectivity index (χ0) is 17.1. The summed E-state index contributed by atoms with van der Waals surface area (Å²) in [5.41, 5.74) is 1.01. The minimum Gasteiger partial charge on any atom is -0.461 e. The summed E-state index contributed by atoms with van der Waals surface area (Å²) in [5, 5.41) is 6.09. The molecule has 2 heterocycles. The van der Waals surface area contributed by atoms with E-state index < -0.39 is 5.97 Å². The summed E-state index contributed by atoms with van der Waals surface area (Å²) in [5.74, 6) is -0.843. The molecule has 0 aliphatic carbocycles. The molecule has 0 saturated carbocycles. The number of hydrogen-bond acceptors (Lipinski definition) is 5. The summed E-state index contributed by atoms with van der Waals surface area (Å²) in [6.45, 7) is 1.93. The van der Waals surface area contributed by atoms with E-state index in [1.807, 2.05) is 29.6 Å². The molecular weight excluding hydrogens is 392 g/mol. The molecule has 0 fully saturated rings. The Labute approximate surface area is 151 Å². The number of ketones is 1. The molecule has 0 amide bonds. The van der Waals surface area contributed by atoms with Gasteiger partial charge in [0.05, 0.1) is 22.7 Å². The van der Waals surface area contributed by atoms with Gasteiger partial charge < -0.3 is 4.74 Å². The van der Waals surface area contributed by atoms with Crippen LogP contribution in [0.1, 0.15) is 32.6 Å². The maximum Gasteiger partial charge on any atom is 0.359 e. The molecule has 0 atom stereocenters. The van der Waals surface area contributed by atoms with Crippen molar-refractivity contribution in [1.82, 2.24) is 9.78 Å². The second-order valence-electron chi connectivity index (χ2n) is 4.84. The fourth-order valence-corrected chi connectivity index (χ4v) is 3.10. The summed E-state index contributed by atoms with van der Waals surface area (Å²) in [6, 6.07) is 10.9. The smallest absolute Gasteiger partial charge is 0.359 e. The van der Waals surface area contributed by atoms with E-state index in [1.165, 1.54) is 16.0 Å². The number of hydrogen-bond donors (Lipinski definition) is 0. The van der Waals surface area contributed by atoms with Gasteiger partial charge in [0.2, 0.25) is 5.78 Å². The molecule has 7 heteroatoms. The van der Waals surface area contributed by atoms with Crippen LogP contribution in [0.25, 0.3) is 5.69 Å². The average Bonchev–Trinajstić information content (AvgIpc) is 3.25. The monoisotopic (exact) mass is 404 g/mol. The molecule has 122 valence electrons. The van der Waals surface area contributed by atoms with Gasteiger partial charge in [0, 0.05) is 10.7 Å². The van der Waals surface area contributed by atoms with Crippen molar-refractivity contribution in [2.45, 2.75) is 6.92 Å². The first-order valence-corrected chi connectivity index (χ1v) is 8.88. The molecule has 0 saturated heterocycles. The summed E-state index contributed by atoms with van der Waals surface area (Å²) < 4.78 is 7.48. The Morgan fingerprint density at radius 2 is 2.00 bits per heavy atom. The maximum atomic E-state index is 12.7. The van der Waals surface area contributed by atoms with E-state index in [2.05, 4.69) is 21.0 Å². The maximum absolute atomic E-state index is 12.7. The van der Waals surface area contributed by atoms with Crippen molar-refractivity contribution >= 4 is 39.0 Å². The van der Waals surface area contributed by atoms with Gasteiger partial charge in [0.25, 0.3) is 0 Å². The quantitative estimate of drug-likeness (QED) is 0.474. The van der Waals surface area contributed by atoms with Gasteiger partial charge in [-0.15, -0.1) is 11.3 Å². The highest BCUT2D eigenvalue weighted by Crippen LogP contribution is 2.21. The molecule has 5 nitrogen and oxygen atoms in total. The predicted molar refractivity (Wildman–Crippen MR) is 95.0 cm³/mol. The second kappa shape index (κ2) is 7.11. The van der Waals surface area contributed by atoms with E-state index in [4.69, 9.17) is 4.74 Å². The molecule has 1 aromatic carbocycles. The number of rotatable bonds is 5. The van der Waals surface area contributed by atoms with Crippen molar-refractivity contribution in [3.05, 3.63) is 68.6 Å². The summed E-state index contributed by atoms with van der Waals surface area (Å²) in [4.78, 5) is 25.4. The van der Waals surface area contributed by atoms with Crippen molar-refractivity contribution in [3.63, 3.8) is 0 Å². The van der Waals surface area contributed by atoms with Gasteiger partial charge in [-0.25, -0.2) is 9.48 Å². The number of carbonyl (C=O) groups is 2. The molecule has 0 spiro atoms. The number of thiophene rings is 1. The SMILES string of the molecule is CCOC(=O)c1nn(-c2ccc(Br)cc2)cc1C(=O)c1cccs1. The van der Waals surface area contributed by atoms with Crippen LogP contribution in [-0.2, 0) is 4.74 Å². The van der Waals surface area contributed by atoms with E-state index in [9.17, 15) is 9.59 Å². The van der Waals surface area contributed by atoms with E-state index in [-0.39, 0.29) is 23.6 Å². The highest BCUT2D eigenvalue weighted by molar-refractivity contribution is 9.10. The van der Waals surface area contributed by atoms with Crippen LogP contribution >= 0.6 is 27.3 Å². The molecule has 0 aliphatic rings. The second-order valence-corrected chi connectivity index (χ2v) is 6.70. The first-order valence-electron chi connectivity index (χ1n) is 7.21. The van der Waals surface area contributed by atoms with Gasteiger partial charge >= 0.3 is 5.97 Å². The van der Waals surface area contributed by atoms with Gasteiger partial charge in [-0.3, -0.25) is 4.79 Å². The van der Waals surface area contributed by atoms with Gasteiger partial charge in [-0.05, 0) is 42.6 Å². The summed E-state index contributed by atoms with van der Waals surface area (Å²) in [6.07, 6.45) is 1.57. The Hall–Kier alpha value is -2.25. The summed E-state index contributed by atoms with van der Waals surface area (Å²) in [7, 11) is 0. The van der Waals surface area contributed by atoms with Crippen molar-refractivity contribution in [1.29, 1.82) is 0 Å². The van der Waals surface area contributed by atoms with Crippen molar-refractivity contribution in [2.75, 3.05) is 6.61 Å². The topological polar surface area (TPSA) is 61.2 Å². The summed E-state index contributed by atoms with van der Waals surface area (Å²) >= 11 is 4.70. The van der Waals surface area contributed by atoms with Crippen molar-refractivity contribution in [3.8, 4) is 5.69 Å². The standard InChI is InChI=1S/C17H13BrN2O3S/c1-2-23-17(22)15-13(16(21)14-4-3-9-24-14)10-20(19-15)12-7-5-11(18)6-8-12/h3-10H,2H2,1H3. The number of halogens is 1. The number of benzene rings is 1. The van der Waals surface area contributed by atoms with Gasteiger partial charge in [0.1, 0.15) is 0 Å². The molecule has 0 bridgehead atoms. The Kier molecular flexibility index (Phi) is 4.92. The highest BCUT2D eigenvalue weighted by Gasteiger charge is 2.25. The van der Waals surface area contributed by atoms with Crippen LogP contribution in [0.2, 0.25) is 0 Å². The van der Waals surface area contributed by atoms with Crippen LogP contribution in [0, 0.1) is 0 Å². The van der Waals surface area contributed by atoms with Crippen molar-refractivity contribution in [2.24, 2.45) is 0 Å². The third-order valence-electron chi connectivity index (χ3n) is 3.26. The lowest BCUT2D eigenvalue weighted by Crippen LogP contribution is -2.11. The molecular formula is C17H13BrN2O3S. The highest BCUT2D eigenvalue weighted by atomic mass is 79.9. The Bertz CT molecular complexity index is 870. The lowest BCUT2D eigenvalue weighted by atomic mass is 10.1. The predicted octanol–water partition coefficient (Wildman–Crippen LogP) is 4.10. The fourth-order valence-electron chi connectivity index (χ4n) is 2.16.